The van der Waals surface area contributed by atoms with Crippen LogP contribution in [0.2, 0.25) is 5.28 Å². The van der Waals surface area contributed by atoms with Crippen LogP contribution in [0.25, 0.3) is 0 Å². The summed E-state index contributed by atoms with van der Waals surface area (Å²) < 4.78 is 1.32. The molecular formula is C11H16ClN5O5. The van der Waals surface area contributed by atoms with Crippen molar-refractivity contribution in [3.05, 3.63) is 21.6 Å². The zero-order chi connectivity index (χ0) is 16.3. The number of nitro groups is 1. The van der Waals surface area contributed by atoms with Crippen LogP contribution in [0.15, 0.2) is 6.20 Å². The van der Waals surface area contributed by atoms with Gasteiger partial charge in [0.05, 0.1) is 12.6 Å². The van der Waals surface area contributed by atoms with Crippen molar-refractivity contribution < 1.29 is 19.9 Å². The molecule has 1 aromatic heterocycles. The molecule has 1 aliphatic heterocycles. The van der Waals surface area contributed by atoms with Crippen LogP contribution in [0.1, 0.15) is 0 Å². The summed E-state index contributed by atoms with van der Waals surface area (Å²) in [6.07, 6.45) is -0.561. The first-order valence-corrected chi connectivity index (χ1v) is 7.00. The van der Waals surface area contributed by atoms with Crippen LogP contribution in [-0.2, 0) is 6.54 Å². The number of β-amino-alcohol motifs (C(OH)–C–C–N with tert-alkyl or cyclic N) is 1. The van der Waals surface area contributed by atoms with E-state index in [1.807, 2.05) is 4.90 Å². The van der Waals surface area contributed by atoms with Crippen molar-refractivity contribution >= 4 is 23.5 Å². The summed E-state index contributed by atoms with van der Waals surface area (Å²) in [7, 11) is 0. The smallest absolute Gasteiger partial charge is 0.407 e. The lowest BCUT2D eigenvalue weighted by Gasteiger charge is -2.34. The van der Waals surface area contributed by atoms with Gasteiger partial charge in [-0.3, -0.25) is 9.47 Å². The van der Waals surface area contributed by atoms with Crippen molar-refractivity contribution in [1.29, 1.82) is 0 Å². The molecule has 1 aliphatic rings. The van der Waals surface area contributed by atoms with Crippen molar-refractivity contribution in [2.75, 3.05) is 32.7 Å². The van der Waals surface area contributed by atoms with Crippen LogP contribution in [0, 0.1) is 10.1 Å². The lowest BCUT2D eigenvalue weighted by atomic mass is 10.2. The average Bonchev–Trinajstić information content (AvgIpc) is 2.81. The van der Waals surface area contributed by atoms with Crippen LogP contribution >= 0.6 is 11.6 Å². The van der Waals surface area contributed by atoms with Gasteiger partial charge in [-0.25, -0.2) is 4.79 Å². The summed E-state index contributed by atoms with van der Waals surface area (Å²) in [6.45, 7) is 2.25. The molecule has 2 N–H and O–H groups in total. The number of aromatic nitrogens is 2. The largest absolute Gasteiger partial charge is 0.465 e. The summed E-state index contributed by atoms with van der Waals surface area (Å²) in [6, 6.07) is 0. The number of amides is 1. The fourth-order valence-electron chi connectivity index (χ4n) is 2.30. The van der Waals surface area contributed by atoms with Crippen LogP contribution < -0.4 is 0 Å². The van der Waals surface area contributed by atoms with Gasteiger partial charge in [0.1, 0.15) is 6.20 Å². The van der Waals surface area contributed by atoms with Gasteiger partial charge in [0.25, 0.3) is 0 Å². The zero-order valence-corrected chi connectivity index (χ0v) is 12.4. The van der Waals surface area contributed by atoms with Gasteiger partial charge in [-0.1, -0.05) is 0 Å². The Bertz CT molecular complexity index is 557. The molecule has 22 heavy (non-hydrogen) atoms. The first-order chi connectivity index (χ1) is 10.4. The monoisotopic (exact) mass is 333 g/mol. The third-order valence-corrected chi connectivity index (χ3v) is 3.72. The van der Waals surface area contributed by atoms with Gasteiger partial charge in [0, 0.05) is 32.7 Å². The van der Waals surface area contributed by atoms with E-state index in [-0.39, 0.29) is 17.6 Å². The van der Waals surface area contributed by atoms with Crippen molar-refractivity contribution in [2.45, 2.75) is 12.6 Å². The fourth-order valence-corrected chi connectivity index (χ4v) is 2.51. The van der Waals surface area contributed by atoms with E-state index < -0.39 is 17.1 Å². The van der Waals surface area contributed by atoms with Crippen LogP contribution in [0.4, 0.5) is 10.6 Å². The molecule has 1 saturated heterocycles. The maximum absolute atomic E-state index is 10.8. The normalized spacial score (nSPS) is 17.5. The van der Waals surface area contributed by atoms with E-state index in [1.165, 1.54) is 15.7 Å². The van der Waals surface area contributed by atoms with Gasteiger partial charge >= 0.3 is 17.2 Å². The Morgan fingerprint density at radius 2 is 2.05 bits per heavy atom. The van der Waals surface area contributed by atoms with E-state index in [0.29, 0.717) is 32.7 Å². The van der Waals surface area contributed by atoms with Gasteiger partial charge in [-0.2, -0.15) is 0 Å². The second kappa shape index (κ2) is 6.90. The Kier molecular flexibility index (Phi) is 5.16. The molecule has 10 nitrogen and oxygen atoms in total. The van der Waals surface area contributed by atoms with E-state index in [2.05, 4.69) is 4.98 Å². The van der Waals surface area contributed by atoms with Crippen LogP contribution in [0.3, 0.4) is 0 Å². The highest BCUT2D eigenvalue weighted by Crippen LogP contribution is 2.16. The second-order valence-electron chi connectivity index (χ2n) is 5.00. The van der Waals surface area contributed by atoms with Crippen molar-refractivity contribution in [1.82, 2.24) is 19.4 Å². The molecule has 2 heterocycles. The maximum Gasteiger partial charge on any atom is 0.407 e. The predicted octanol–water partition coefficient (Wildman–Crippen LogP) is 0.101. The molecule has 0 aliphatic carbocycles. The van der Waals surface area contributed by atoms with Crippen molar-refractivity contribution in [2.24, 2.45) is 0 Å². The number of halogens is 1. The number of nitrogens with zero attached hydrogens (tertiary/aromatic N) is 5. The molecule has 0 saturated carbocycles. The predicted molar refractivity (Wildman–Crippen MR) is 75.9 cm³/mol. The SMILES string of the molecule is O=C(O)N1CCN(C[C@@H](O)Cn2cc([N+](=O)[O-])nc2Cl)CC1. The fraction of sp³-hybridized carbons (Fsp3) is 0.636. The van der Waals surface area contributed by atoms with Gasteiger partial charge in [-0.15, -0.1) is 0 Å². The second-order valence-corrected chi connectivity index (χ2v) is 5.34. The molecule has 0 radical (unpaired) electrons. The van der Waals surface area contributed by atoms with E-state index in [1.54, 1.807) is 0 Å². The number of piperazine rings is 1. The first kappa shape index (κ1) is 16.5. The first-order valence-electron chi connectivity index (χ1n) is 6.62. The van der Waals surface area contributed by atoms with E-state index in [4.69, 9.17) is 16.7 Å². The Balaban J connectivity index is 1.85. The van der Waals surface area contributed by atoms with Gasteiger partial charge in [0.2, 0.25) is 0 Å². The van der Waals surface area contributed by atoms with Gasteiger partial charge < -0.3 is 25.2 Å². The minimum atomic E-state index is -0.947. The Hall–Kier alpha value is -1.91. The summed E-state index contributed by atoms with van der Waals surface area (Å²) in [4.78, 5) is 27.6. The topological polar surface area (TPSA) is 125 Å². The number of imidazole rings is 1. The van der Waals surface area contributed by atoms with Crippen LogP contribution in [0.5, 0.6) is 0 Å². The minimum Gasteiger partial charge on any atom is -0.465 e. The van der Waals surface area contributed by atoms with E-state index in [9.17, 15) is 20.0 Å². The molecule has 2 rings (SSSR count). The molecule has 1 aromatic rings. The highest BCUT2D eigenvalue weighted by molar-refractivity contribution is 6.28. The third kappa shape index (κ3) is 4.06. The molecule has 122 valence electrons. The molecule has 0 bridgehead atoms. The van der Waals surface area contributed by atoms with Gasteiger partial charge in [-0.05, 0) is 21.5 Å². The lowest BCUT2D eigenvalue weighted by Crippen LogP contribution is -2.50. The standard InChI is InChI=1S/C11H16ClN5O5/c12-10-13-9(17(21)22)7-16(10)6-8(18)5-14-1-3-15(4-2-14)11(19)20/h7-8,18H,1-6H2,(H,19,20)/t8-/m1/s1. The summed E-state index contributed by atoms with van der Waals surface area (Å²) in [5.74, 6) is -0.368. The maximum atomic E-state index is 10.8. The quantitative estimate of drug-likeness (QED) is 0.578. The highest BCUT2D eigenvalue weighted by atomic mass is 35.5. The van der Waals surface area contributed by atoms with E-state index in [0.717, 1.165) is 0 Å². The molecule has 1 fully saturated rings. The molecule has 0 spiro atoms. The molecular weight excluding hydrogens is 318 g/mol. The van der Waals surface area contributed by atoms with Crippen molar-refractivity contribution in [3.63, 3.8) is 0 Å². The Labute approximate surface area is 130 Å². The molecule has 1 amide bonds. The molecule has 11 heteroatoms. The number of hydrogen-bond donors (Lipinski definition) is 2. The summed E-state index contributed by atoms with van der Waals surface area (Å²) in [5, 5.41) is 29.5. The lowest BCUT2D eigenvalue weighted by molar-refractivity contribution is -0.389. The number of hydrogen-bond acceptors (Lipinski definition) is 6. The van der Waals surface area contributed by atoms with Crippen molar-refractivity contribution in [3.8, 4) is 0 Å². The number of aliphatic hydroxyl groups excluding tert-OH is 1. The highest BCUT2D eigenvalue weighted by Gasteiger charge is 2.23. The molecule has 0 unspecified atom stereocenters. The number of rotatable bonds is 5. The third-order valence-electron chi connectivity index (χ3n) is 3.42. The average molecular weight is 334 g/mol. The molecule has 0 aromatic carbocycles. The Morgan fingerprint density at radius 3 is 2.55 bits per heavy atom. The summed E-state index contributed by atoms with van der Waals surface area (Å²) >= 11 is 5.78. The van der Waals surface area contributed by atoms with E-state index >= 15 is 0 Å². The number of carboxylic acid groups (broad SMARTS) is 1. The van der Waals surface area contributed by atoms with Gasteiger partial charge in [0.15, 0.2) is 0 Å². The minimum absolute atomic E-state index is 0.0542. The Morgan fingerprint density at radius 1 is 1.41 bits per heavy atom. The summed E-state index contributed by atoms with van der Waals surface area (Å²) in [5.41, 5.74) is 0. The number of carbonyl (C=O) groups is 1. The molecule has 1 atom stereocenters. The van der Waals surface area contributed by atoms with Crippen LogP contribution in [-0.4, -0.2) is 79.4 Å². The number of aliphatic hydroxyl groups is 1. The zero-order valence-electron chi connectivity index (χ0n) is 11.6.